The van der Waals surface area contributed by atoms with Crippen molar-refractivity contribution >= 4 is 0 Å². The summed E-state index contributed by atoms with van der Waals surface area (Å²) in [6.07, 6.45) is 1.03. The highest BCUT2D eigenvalue weighted by Crippen LogP contribution is 2.16. The molecular weight excluding hydrogens is 153 g/mol. The van der Waals surface area contributed by atoms with Crippen LogP contribution in [-0.4, -0.2) is 6.54 Å². The minimum Gasteiger partial charge on any atom is -0.312 e. The molecule has 0 amide bonds. The van der Waals surface area contributed by atoms with Gasteiger partial charge >= 0.3 is 0 Å². The van der Waals surface area contributed by atoms with Gasteiger partial charge in [-0.1, -0.05) is 18.2 Å². The molecule has 0 saturated heterocycles. The maximum atomic E-state index is 12.3. The van der Waals surface area contributed by atoms with Crippen molar-refractivity contribution in [3.05, 3.63) is 34.9 Å². The monoisotopic (exact) mass is 165 g/mol. The zero-order valence-electron chi connectivity index (χ0n) is 6.94. The third-order valence-electron chi connectivity index (χ3n) is 2.31. The van der Waals surface area contributed by atoms with Crippen LogP contribution in [0.4, 0.5) is 4.39 Å². The Bertz CT molecular complexity index is 283. The molecule has 1 heterocycles. The molecule has 0 radical (unpaired) electrons. The molecule has 1 aliphatic heterocycles. The van der Waals surface area contributed by atoms with E-state index < -0.39 is 0 Å². The second-order valence-electron chi connectivity index (χ2n) is 3.16. The van der Waals surface area contributed by atoms with E-state index in [-0.39, 0.29) is 6.67 Å². The summed E-state index contributed by atoms with van der Waals surface area (Å²) < 4.78 is 12.3. The predicted molar refractivity (Wildman–Crippen MR) is 46.7 cm³/mol. The quantitative estimate of drug-likeness (QED) is 0.669. The number of halogens is 1. The van der Waals surface area contributed by atoms with Crippen LogP contribution in [0.3, 0.4) is 0 Å². The minimum atomic E-state index is -0.347. The lowest BCUT2D eigenvalue weighted by Gasteiger charge is -2.17. The third-order valence-corrected chi connectivity index (χ3v) is 2.31. The molecular formula is C10H12FN. The molecule has 1 aromatic carbocycles. The van der Waals surface area contributed by atoms with E-state index in [1.54, 1.807) is 0 Å². The first-order valence-corrected chi connectivity index (χ1v) is 4.27. The van der Waals surface area contributed by atoms with E-state index in [1.165, 1.54) is 11.1 Å². The number of nitrogens with one attached hydrogen (secondary N) is 1. The Labute approximate surface area is 71.6 Å². The Morgan fingerprint density at radius 2 is 2.25 bits per heavy atom. The Morgan fingerprint density at radius 3 is 3.08 bits per heavy atom. The van der Waals surface area contributed by atoms with Crippen LogP contribution < -0.4 is 5.32 Å². The number of benzene rings is 1. The SMILES string of the molecule is FCc1ccc2c(c1)CCNC2. The Balaban J connectivity index is 2.36. The summed E-state index contributed by atoms with van der Waals surface area (Å²) in [4.78, 5) is 0. The number of hydrogen-bond acceptors (Lipinski definition) is 1. The van der Waals surface area contributed by atoms with Crippen LogP contribution in [0.15, 0.2) is 18.2 Å². The lowest BCUT2D eigenvalue weighted by atomic mass is 9.99. The number of alkyl halides is 1. The largest absolute Gasteiger partial charge is 0.312 e. The Hall–Kier alpha value is -0.890. The van der Waals surface area contributed by atoms with Crippen molar-refractivity contribution in [2.24, 2.45) is 0 Å². The molecule has 0 aliphatic carbocycles. The summed E-state index contributed by atoms with van der Waals surface area (Å²) in [7, 11) is 0. The Kier molecular flexibility index (Phi) is 2.09. The average molecular weight is 165 g/mol. The van der Waals surface area contributed by atoms with Gasteiger partial charge in [0, 0.05) is 6.54 Å². The van der Waals surface area contributed by atoms with Gasteiger partial charge in [0.15, 0.2) is 0 Å². The molecule has 0 saturated carbocycles. The zero-order chi connectivity index (χ0) is 8.39. The van der Waals surface area contributed by atoms with Crippen molar-refractivity contribution in [1.82, 2.24) is 5.32 Å². The fraction of sp³-hybridized carbons (Fsp3) is 0.400. The summed E-state index contributed by atoms with van der Waals surface area (Å²) >= 11 is 0. The van der Waals surface area contributed by atoms with Gasteiger partial charge in [-0.3, -0.25) is 0 Å². The van der Waals surface area contributed by atoms with Crippen LogP contribution in [0, 0.1) is 0 Å². The normalized spacial score (nSPS) is 15.8. The number of fused-ring (bicyclic) bond motifs is 1. The van der Waals surface area contributed by atoms with Crippen LogP contribution in [0.25, 0.3) is 0 Å². The molecule has 2 rings (SSSR count). The summed E-state index contributed by atoms with van der Waals surface area (Å²) in [6, 6.07) is 5.87. The highest BCUT2D eigenvalue weighted by molar-refractivity contribution is 5.33. The number of rotatable bonds is 1. The summed E-state index contributed by atoms with van der Waals surface area (Å²) in [5, 5.41) is 3.28. The molecule has 1 nitrogen and oxygen atoms in total. The van der Waals surface area contributed by atoms with Crippen LogP contribution in [0.5, 0.6) is 0 Å². The topological polar surface area (TPSA) is 12.0 Å². The molecule has 12 heavy (non-hydrogen) atoms. The molecule has 0 atom stereocenters. The number of hydrogen-bond donors (Lipinski definition) is 1. The lowest BCUT2D eigenvalue weighted by Crippen LogP contribution is -2.23. The molecule has 1 N–H and O–H groups in total. The van der Waals surface area contributed by atoms with Gasteiger partial charge in [0.1, 0.15) is 6.67 Å². The van der Waals surface area contributed by atoms with E-state index in [2.05, 4.69) is 5.32 Å². The summed E-state index contributed by atoms with van der Waals surface area (Å²) in [6.45, 7) is 1.60. The average Bonchev–Trinajstić information content (AvgIpc) is 2.17. The molecule has 0 spiro atoms. The van der Waals surface area contributed by atoms with Crippen molar-refractivity contribution in [3.8, 4) is 0 Å². The fourth-order valence-corrected chi connectivity index (χ4v) is 1.61. The third kappa shape index (κ3) is 1.34. The van der Waals surface area contributed by atoms with E-state index in [0.717, 1.165) is 25.1 Å². The molecule has 0 fully saturated rings. The highest BCUT2D eigenvalue weighted by atomic mass is 19.1. The predicted octanol–water partition coefficient (Wildman–Crippen LogP) is 1.80. The van der Waals surface area contributed by atoms with Crippen molar-refractivity contribution in [1.29, 1.82) is 0 Å². The van der Waals surface area contributed by atoms with E-state index in [1.807, 2.05) is 18.2 Å². The summed E-state index contributed by atoms with van der Waals surface area (Å²) in [5.74, 6) is 0. The standard InChI is InChI=1S/C10H12FN/c11-6-8-1-2-10-7-12-4-3-9(10)5-8/h1-2,5,12H,3-4,6-7H2. The molecule has 64 valence electrons. The van der Waals surface area contributed by atoms with Crippen LogP contribution >= 0.6 is 0 Å². The van der Waals surface area contributed by atoms with Gasteiger partial charge in [0.05, 0.1) is 0 Å². The van der Waals surface area contributed by atoms with Crippen LogP contribution in [-0.2, 0) is 19.6 Å². The first-order valence-electron chi connectivity index (χ1n) is 4.27. The van der Waals surface area contributed by atoms with Crippen LogP contribution in [0.1, 0.15) is 16.7 Å². The van der Waals surface area contributed by atoms with E-state index in [0.29, 0.717) is 0 Å². The van der Waals surface area contributed by atoms with E-state index in [4.69, 9.17) is 0 Å². The fourth-order valence-electron chi connectivity index (χ4n) is 1.61. The van der Waals surface area contributed by atoms with Gasteiger partial charge in [-0.25, -0.2) is 4.39 Å². The Morgan fingerprint density at radius 1 is 1.33 bits per heavy atom. The smallest absolute Gasteiger partial charge is 0.115 e. The molecule has 2 heteroatoms. The highest BCUT2D eigenvalue weighted by Gasteiger charge is 2.07. The maximum Gasteiger partial charge on any atom is 0.115 e. The van der Waals surface area contributed by atoms with Gasteiger partial charge in [-0.15, -0.1) is 0 Å². The molecule has 1 aromatic rings. The first-order chi connectivity index (χ1) is 5.90. The van der Waals surface area contributed by atoms with Crippen LogP contribution in [0.2, 0.25) is 0 Å². The minimum absolute atomic E-state index is 0.347. The van der Waals surface area contributed by atoms with Crippen molar-refractivity contribution in [3.63, 3.8) is 0 Å². The molecule has 1 aliphatic rings. The zero-order valence-corrected chi connectivity index (χ0v) is 6.94. The van der Waals surface area contributed by atoms with Gasteiger partial charge in [0.25, 0.3) is 0 Å². The molecule has 0 bridgehead atoms. The first kappa shape index (κ1) is 7.74. The van der Waals surface area contributed by atoms with Gasteiger partial charge < -0.3 is 5.32 Å². The van der Waals surface area contributed by atoms with Crippen molar-refractivity contribution in [2.75, 3.05) is 6.54 Å². The maximum absolute atomic E-state index is 12.3. The van der Waals surface area contributed by atoms with Crippen molar-refractivity contribution in [2.45, 2.75) is 19.6 Å². The van der Waals surface area contributed by atoms with Gasteiger partial charge in [0.2, 0.25) is 0 Å². The molecule has 0 unspecified atom stereocenters. The van der Waals surface area contributed by atoms with Gasteiger partial charge in [-0.2, -0.15) is 0 Å². The second-order valence-corrected chi connectivity index (χ2v) is 3.16. The van der Waals surface area contributed by atoms with E-state index in [9.17, 15) is 4.39 Å². The lowest BCUT2D eigenvalue weighted by molar-refractivity contribution is 0.484. The van der Waals surface area contributed by atoms with Gasteiger partial charge in [-0.05, 0) is 29.7 Å². The molecule has 0 aromatic heterocycles. The summed E-state index contributed by atoms with van der Waals surface area (Å²) in [5.41, 5.74) is 3.43. The van der Waals surface area contributed by atoms with Crippen molar-refractivity contribution < 1.29 is 4.39 Å². The van der Waals surface area contributed by atoms with E-state index >= 15 is 0 Å². The second kappa shape index (κ2) is 3.23.